The molecule has 0 aliphatic heterocycles. The first-order valence-electron chi connectivity index (χ1n) is 6.36. The van der Waals surface area contributed by atoms with Crippen LogP contribution in [0, 0.1) is 11.3 Å². The van der Waals surface area contributed by atoms with Crippen LogP contribution >= 0.6 is 0 Å². The molecule has 0 spiro atoms. The Kier molecular flexibility index (Phi) is 3.38. The minimum Gasteiger partial charge on any atom is -0.477 e. The van der Waals surface area contributed by atoms with E-state index >= 15 is 0 Å². The first-order chi connectivity index (χ1) is 10.7. The minimum atomic E-state index is -1.32. The molecule has 3 aromatic rings. The van der Waals surface area contributed by atoms with Crippen LogP contribution in [0.25, 0.3) is 28.1 Å². The molecule has 106 valence electrons. The molecule has 0 unspecified atom stereocenters. The number of rotatable bonds is 3. The maximum absolute atomic E-state index is 10.9. The van der Waals surface area contributed by atoms with E-state index in [1.165, 1.54) is 0 Å². The zero-order chi connectivity index (χ0) is 15.5. The van der Waals surface area contributed by atoms with Crippen LogP contribution in [-0.4, -0.2) is 21.4 Å². The van der Waals surface area contributed by atoms with Crippen LogP contribution in [0.2, 0.25) is 0 Å². The fraction of sp³-hybridized carbons (Fsp3) is 0. The first kappa shape index (κ1) is 13.5. The normalized spacial score (nSPS) is 11.3. The molecule has 1 aromatic heterocycles. The quantitative estimate of drug-likeness (QED) is 0.588. The molecule has 6 heteroatoms. The van der Waals surface area contributed by atoms with Crippen LogP contribution in [0.4, 0.5) is 0 Å². The standard InChI is InChI=1S/C16H9N3O3/c17-9-13(16(20)21)8-14-15(19-22-18-14)12-6-5-10-3-1-2-4-11(10)7-12/h1-8H,(H,20,21)/b13-8+. The van der Waals surface area contributed by atoms with E-state index in [9.17, 15) is 4.79 Å². The van der Waals surface area contributed by atoms with Gasteiger partial charge in [-0.1, -0.05) is 36.4 Å². The molecule has 6 nitrogen and oxygen atoms in total. The lowest BCUT2D eigenvalue weighted by atomic mass is 10.0. The molecule has 0 radical (unpaired) electrons. The highest BCUT2D eigenvalue weighted by Crippen LogP contribution is 2.26. The van der Waals surface area contributed by atoms with Crippen molar-refractivity contribution in [2.75, 3.05) is 0 Å². The molecule has 0 atom stereocenters. The lowest BCUT2D eigenvalue weighted by Gasteiger charge is -2.01. The lowest BCUT2D eigenvalue weighted by Crippen LogP contribution is -1.97. The van der Waals surface area contributed by atoms with E-state index in [0.29, 0.717) is 5.69 Å². The summed E-state index contributed by atoms with van der Waals surface area (Å²) in [5.74, 6) is -1.32. The number of aliphatic carboxylic acids is 1. The number of fused-ring (bicyclic) bond motifs is 1. The van der Waals surface area contributed by atoms with E-state index in [1.54, 1.807) is 6.07 Å². The summed E-state index contributed by atoms with van der Waals surface area (Å²) in [5, 5.41) is 27.3. The van der Waals surface area contributed by atoms with E-state index < -0.39 is 11.5 Å². The molecule has 0 aliphatic carbocycles. The van der Waals surface area contributed by atoms with Crippen LogP contribution in [-0.2, 0) is 4.79 Å². The van der Waals surface area contributed by atoms with E-state index in [0.717, 1.165) is 22.4 Å². The Morgan fingerprint density at radius 1 is 1.18 bits per heavy atom. The van der Waals surface area contributed by atoms with Gasteiger partial charge in [0.2, 0.25) is 0 Å². The first-order valence-corrected chi connectivity index (χ1v) is 6.36. The van der Waals surface area contributed by atoms with Crippen molar-refractivity contribution in [1.29, 1.82) is 5.26 Å². The van der Waals surface area contributed by atoms with Gasteiger partial charge < -0.3 is 5.11 Å². The van der Waals surface area contributed by atoms with Gasteiger partial charge in [0, 0.05) is 5.56 Å². The third kappa shape index (κ3) is 2.43. The molecule has 1 N–H and O–H groups in total. The van der Waals surface area contributed by atoms with Gasteiger partial charge in [0.25, 0.3) is 0 Å². The number of carboxylic acid groups (broad SMARTS) is 1. The Labute approximate surface area is 124 Å². The molecule has 0 fully saturated rings. The van der Waals surface area contributed by atoms with Crippen LogP contribution in [0.5, 0.6) is 0 Å². The van der Waals surface area contributed by atoms with Crippen molar-refractivity contribution in [2.24, 2.45) is 0 Å². The fourth-order valence-electron chi connectivity index (χ4n) is 2.11. The van der Waals surface area contributed by atoms with Crippen molar-refractivity contribution < 1.29 is 14.5 Å². The van der Waals surface area contributed by atoms with Gasteiger partial charge >= 0.3 is 5.97 Å². The number of carbonyl (C=O) groups is 1. The van der Waals surface area contributed by atoms with Gasteiger partial charge in [-0.25, -0.2) is 9.42 Å². The van der Waals surface area contributed by atoms with Gasteiger partial charge in [0.15, 0.2) is 0 Å². The van der Waals surface area contributed by atoms with Crippen molar-refractivity contribution in [3.8, 4) is 17.3 Å². The second kappa shape index (κ2) is 5.50. The summed E-state index contributed by atoms with van der Waals surface area (Å²) in [4.78, 5) is 10.9. The molecule has 0 saturated carbocycles. The van der Waals surface area contributed by atoms with Gasteiger partial charge in [-0.15, -0.1) is 0 Å². The van der Waals surface area contributed by atoms with Crippen molar-refractivity contribution >= 4 is 22.8 Å². The average Bonchev–Trinajstić information content (AvgIpc) is 3.00. The highest BCUT2D eigenvalue weighted by atomic mass is 16.6. The predicted molar refractivity (Wildman–Crippen MR) is 78.5 cm³/mol. The summed E-state index contributed by atoms with van der Waals surface area (Å²) >= 11 is 0. The Balaban J connectivity index is 2.11. The maximum Gasteiger partial charge on any atom is 0.346 e. The molecule has 0 amide bonds. The monoisotopic (exact) mass is 291 g/mol. The molecule has 0 saturated heterocycles. The summed E-state index contributed by atoms with van der Waals surface area (Å²) in [6, 6.07) is 15.1. The third-order valence-corrected chi connectivity index (χ3v) is 3.17. The van der Waals surface area contributed by atoms with Crippen LogP contribution in [0.15, 0.2) is 52.7 Å². The van der Waals surface area contributed by atoms with Crippen molar-refractivity contribution in [2.45, 2.75) is 0 Å². The topological polar surface area (TPSA) is 100 Å². The van der Waals surface area contributed by atoms with E-state index in [-0.39, 0.29) is 5.69 Å². The molecular weight excluding hydrogens is 282 g/mol. The molecule has 0 aliphatic rings. The van der Waals surface area contributed by atoms with Crippen LogP contribution in [0.3, 0.4) is 0 Å². The number of carboxylic acids is 1. The Hall–Kier alpha value is -3.46. The Morgan fingerprint density at radius 2 is 1.95 bits per heavy atom. The largest absolute Gasteiger partial charge is 0.477 e. The number of hydrogen-bond acceptors (Lipinski definition) is 5. The van der Waals surface area contributed by atoms with Gasteiger partial charge in [-0.05, 0) is 33.2 Å². The number of nitriles is 1. The highest BCUT2D eigenvalue weighted by Gasteiger charge is 2.14. The van der Waals surface area contributed by atoms with Gasteiger partial charge in [-0.3, -0.25) is 0 Å². The van der Waals surface area contributed by atoms with Crippen molar-refractivity contribution in [3.05, 3.63) is 53.7 Å². The fourth-order valence-corrected chi connectivity index (χ4v) is 2.11. The molecular formula is C16H9N3O3. The van der Waals surface area contributed by atoms with E-state index in [2.05, 4.69) is 10.3 Å². The molecule has 3 rings (SSSR count). The molecule has 22 heavy (non-hydrogen) atoms. The summed E-state index contributed by atoms with van der Waals surface area (Å²) in [7, 11) is 0. The highest BCUT2D eigenvalue weighted by molar-refractivity contribution is 5.97. The molecule has 1 heterocycles. The third-order valence-electron chi connectivity index (χ3n) is 3.17. The van der Waals surface area contributed by atoms with E-state index in [4.69, 9.17) is 15.0 Å². The number of hydrogen-bond donors (Lipinski definition) is 1. The zero-order valence-electron chi connectivity index (χ0n) is 11.2. The average molecular weight is 291 g/mol. The summed E-state index contributed by atoms with van der Waals surface area (Å²) < 4.78 is 4.69. The smallest absolute Gasteiger partial charge is 0.346 e. The Bertz CT molecular complexity index is 935. The summed E-state index contributed by atoms with van der Waals surface area (Å²) in [6.45, 7) is 0. The van der Waals surface area contributed by atoms with Gasteiger partial charge in [-0.2, -0.15) is 5.26 Å². The number of nitrogens with zero attached hydrogens (tertiary/aromatic N) is 3. The zero-order valence-corrected chi connectivity index (χ0v) is 11.2. The van der Waals surface area contributed by atoms with Gasteiger partial charge in [0.1, 0.15) is 23.0 Å². The summed E-state index contributed by atoms with van der Waals surface area (Å²) in [5.41, 5.74) is 0.889. The SMILES string of the molecule is N#C/C(=C\c1nonc1-c1ccc2ccccc2c1)C(=O)O. The van der Waals surface area contributed by atoms with Crippen molar-refractivity contribution in [3.63, 3.8) is 0 Å². The summed E-state index contributed by atoms with van der Waals surface area (Å²) in [6.07, 6.45) is 1.14. The lowest BCUT2D eigenvalue weighted by molar-refractivity contribution is -0.132. The number of aromatic nitrogens is 2. The second-order valence-electron chi connectivity index (χ2n) is 4.53. The van der Waals surface area contributed by atoms with Crippen LogP contribution < -0.4 is 0 Å². The second-order valence-corrected chi connectivity index (χ2v) is 4.53. The predicted octanol–water partition coefficient (Wildman–Crippen LogP) is 2.88. The van der Waals surface area contributed by atoms with E-state index in [1.807, 2.05) is 42.5 Å². The maximum atomic E-state index is 10.9. The minimum absolute atomic E-state index is 0.203. The number of benzene rings is 2. The van der Waals surface area contributed by atoms with Crippen LogP contribution in [0.1, 0.15) is 5.69 Å². The van der Waals surface area contributed by atoms with Gasteiger partial charge in [0.05, 0.1) is 0 Å². The molecule has 0 bridgehead atoms. The molecule has 2 aromatic carbocycles. The van der Waals surface area contributed by atoms with Crippen molar-refractivity contribution in [1.82, 2.24) is 10.3 Å². The Morgan fingerprint density at radius 3 is 2.68 bits per heavy atom.